The molecule has 0 unspecified atom stereocenters. The highest BCUT2D eigenvalue weighted by atomic mass is 35.5. The van der Waals surface area contributed by atoms with Crippen molar-refractivity contribution in [3.63, 3.8) is 0 Å². The molecule has 3 aromatic rings. The Hall–Kier alpha value is -2.66. The number of nitrogens with one attached hydrogen (secondary N) is 1. The monoisotopic (exact) mass is 371 g/mol. The fourth-order valence-electron chi connectivity index (χ4n) is 2.86. The minimum Gasteiger partial charge on any atom is -0.320 e. The SMILES string of the molecule is CCc1ccc(Cl)c(CC)c1NC(=O)c1ccn(-c2ccccc2F)n1. The lowest BCUT2D eigenvalue weighted by Gasteiger charge is -2.15. The molecule has 3 rings (SSSR count). The minimum absolute atomic E-state index is 0.206. The normalized spacial score (nSPS) is 10.8. The van der Waals surface area contributed by atoms with E-state index < -0.39 is 5.82 Å². The number of hydrogen-bond acceptors (Lipinski definition) is 2. The van der Waals surface area contributed by atoms with Gasteiger partial charge in [-0.05, 0) is 48.2 Å². The van der Waals surface area contributed by atoms with Gasteiger partial charge < -0.3 is 5.32 Å². The van der Waals surface area contributed by atoms with E-state index in [1.165, 1.54) is 10.7 Å². The average Bonchev–Trinajstić information content (AvgIpc) is 3.12. The minimum atomic E-state index is -0.404. The summed E-state index contributed by atoms with van der Waals surface area (Å²) in [5.41, 5.74) is 3.13. The second-order valence-corrected chi connectivity index (χ2v) is 6.23. The Morgan fingerprint density at radius 1 is 1.15 bits per heavy atom. The van der Waals surface area contributed by atoms with Crippen molar-refractivity contribution in [1.29, 1.82) is 0 Å². The quantitative estimate of drug-likeness (QED) is 0.682. The van der Waals surface area contributed by atoms with E-state index in [0.29, 0.717) is 11.4 Å². The zero-order chi connectivity index (χ0) is 18.7. The van der Waals surface area contributed by atoms with E-state index in [-0.39, 0.29) is 17.3 Å². The zero-order valence-electron chi connectivity index (χ0n) is 14.6. The van der Waals surface area contributed by atoms with Gasteiger partial charge in [0.05, 0.1) is 0 Å². The van der Waals surface area contributed by atoms with Crippen molar-refractivity contribution in [3.05, 3.63) is 76.3 Å². The van der Waals surface area contributed by atoms with Crippen molar-refractivity contribution in [3.8, 4) is 5.69 Å². The first-order valence-corrected chi connectivity index (χ1v) is 8.85. The summed E-state index contributed by atoms with van der Waals surface area (Å²) in [5, 5.41) is 7.75. The summed E-state index contributed by atoms with van der Waals surface area (Å²) in [6, 6.07) is 11.6. The number of benzene rings is 2. The largest absolute Gasteiger partial charge is 0.320 e. The van der Waals surface area contributed by atoms with E-state index in [9.17, 15) is 9.18 Å². The summed E-state index contributed by atoms with van der Waals surface area (Å²) < 4.78 is 15.2. The number of aromatic nitrogens is 2. The highest BCUT2D eigenvalue weighted by Crippen LogP contribution is 2.30. The van der Waals surface area contributed by atoms with Crippen LogP contribution >= 0.6 is 11.6 Å². The fourth-order valence-corrected chi connectivity index (χ4v) is 3.15. The van der Waals surface area contributed by atoms with E-state index in [1.807, 2.05) is 26.0 Å². The number of hydrogen-bond donors (Lipinski definition) is 1. The number of anilines is 1. The molecule has 1 aromatic heterocycles. The van der Waals surface area contributed by atoms with Gasteiger partial charge in [0.2, 0.25) is 0 Å². The first kappa shape index (κ1) is 18.1. The van der Waals surface area contributed by atoms with Crippen molar-refractivity contribution in [2.24, 2.45) is 0 Å². The lowest BCUT2D eigenvalue weighted by atomic mass is 10.0. The van der Waals surface area contributed by atoms with Gasteiger partial charge in [0.25, 0.3) is 5.91 Å². The fraction of sp³-hybridized carbons (Fsp3) is 0.200. The third-order valence-corrected chi connectivity index (χ3v) is 4.59. The maximum Gasteiger partial charge on any atom is 0.276 e. The summed E-state index contributed by atoms with van der Waals surface area (Å²) in [6.45, 7) is 4.01. The number of aryl methyl sites for hydroxylation is 1. The standard InChI is InChI=1S/C20H19ClFN3O/c1-3-13-9-10-15(21)14(4-2)19(13)23-20(26)17-11-12-25(24-17)18-8-6-5-7-16(18)22/h5-12H,3-4H2,1-2H3,(H,23,26). The Morgan fingerprint density at radius 2 is 1.92 bits per heavy atom. The summed E-state index contributed by atoms with van der Waals surface area (Å²) in [7, 11) is 0. The molecule has 6 heteroatoms. The summed E-state index contributed by atoms with van der Waals surface area (Å²) in [4.78, 5) is 12.7. The predicted octanol–water partition coefficient (Wildman–Crippen LogP) is 5.04. The van der Waals surface area contributed by atoms with Crippen LogP contribution in [0.4, 0.5) is 10.1 Å². The van der Waals surface area contributed by atoms with Crippen LogP contribution < -0.4 is 5.32 Å². The number of para-hydroxylation sites is 1. The van der Waals surface area contributed by atoms with Crippen LogP contribution in [0.2, 0.25) is 5.02 Å². The molecule has 0 saturated carbocycles. The van der Waals surface area contributed by atoms with Gasteiger partial charge in [-0.1, -0.05) is 43.6 Å². The number of halogens is 2. The van der Waals surface area contributed by atoms with E-state index in [2.05, 4.69) is 10.4 Å². The smallest absolute Gasteiger partial charge is 0.276 e. The molecule has 26 heavy (non-hydrogen) atoms. The van der Waals surface area contributed by atoms with E-state index in [1.54, 1.807) is 30.5 Å². The Kier molecular flexibility index (Phi) is 5.38. The molecule has 0 aliphatic carbocycles. The zero-order valence-corrected chi connectivity index (χ0v) is 15.3. The third-order valence-electron chi connectivity index (χ3n) is 4.24. The molecule has 0 spiro atoms. The van der Waals surface area contributed by atoms with E-state index in [4.69, 9.17) is 11.6 Å². The third kappa shape index (κ3) is 3.48. The van der Waals surface area contributed by atoms with Gasteiger partial charge in [-0.25, -0.2) is 9.07 Å². The van der Waals surface area contributed by atoms with Crippen LogP contribution in [0, 0.1) is 5.82 Å². The highest BCUT2D eigenvalue weighted by Gasteiger charge is 2.17. The van der Waals surface area contributed by atoms with Crippen LogP contribution in [0.1, 0.15) is 35.5 Å². The maximum atomic E-state index is 13.9. The molecule has 0 aliphatic heterocycles. The van der Waals surface area contributed by atoms with Crippen LogP contribution in [0.25, 0.3) is 5.69 Å². The van der Waals surface area contributed by atoms with E-state index in [0.717, 1.165) is 23.2 Å². The molecular weight excluding hydrogens is 353 g/mol. The molecule has 1 amide bonds. The van der Waals surface area contributed by atoms with Crippen LogP contribution in [-0.2, 0) is 12.8 Å². The average molecular weight is 372 g/mol. The summed E-state index contributed by atoms with van der Waals surface area (Å²) in [6.07, 6.45) is 3.03. The van der Waals surface area contributed by atoms with Gasteiger partial charge in [-0.15, -0.1) is 0 Å². The lowest BCUT2D eigenvalue weighted by molar-refractivity contribution is 0.102. The lowest BCUT2D eigenvalue weighted by Crippen LogP contribution is -2.16. The van der Waals surface area contributed by atoms with Crippen molar-refractivity contribution in [1.82, 2.24) is 9.78 Å². The maximum absolute atomic E-state index is 13.9. The number of amides is 1. The molecule has 4 nitrogen and oxygen atoms in total. The number of nitrogens with zero attached hydrogens (tertiary/aromatic N) is 2. The van der Waals surface area contributed by atoms with Gasteiger partial charge in [-0.3, -0.25) is 4.79 Å². The van der Waals surface area contributed by atoms with Crippen molar-refractivity contribution in [2.75, 3.05) is 5.32 Å². The summed E-state index contributed by atoms with van der Waals surface area (Å²) in [5.74, 6) is -0.759. The molecule has 0 radical (unpaired) electrons. The Labute approximate surface area is 156 Å². The molecule has 0 fully saturated rings. The Balaban J connectivity index is 1.91. The molecule has 0 bridgehead atoms. The first-order valence-electron chi connectivity index (χ1n) is 8.47. The van der Waals surface area contributed by atoms with Crippen LogP contribution in [0.3, 0.4) is 0 Å². The second kappa shape index (κ2) is 7.70. The van der Waals surface area contributed by atoms with E-state index >= 15 is 0 Å². The molecule has 0 saturated heterocycles. The van der Waals surface area contributed by atoms with Crippen LogP contribution in [-0.4, -0.2) is 15.7 Å². The summed E-state index contributed by atoms with van der Waals surface area (Å²) >= 11 is 6.28. The number of carbonyl (C=O) groups excluding carboxylic acids is 1. The van der Waals surface area contributed by atoms with Gasteiger partial charge >= 0.3 is 0 Å². The van der Waals surface area contributed by atoms with Crippen molar-refractivity contribution in [2.45, 2.75) is 26.7 Å². The number of rotatable bonds is 5. The highest BCUT2D eigenvalue weighted by molar-refractivity contribution is 6.32. The van der Waals surface area contributed by atoms with Crippen molar-refractivity contribution < 1.29 is 9.18 Å². The van der Waals surface area contributed by atoms with Gasteiger partial charge in [-0.2, -0.15) is 5.10 Å². The van der Waals surface area contributed by atoms with Crippen LogP contribution in [0.15, 0.2) is 48.7 Å². The molecule has 0 aliphatic rings. The van der Waals surface area contributed by atoms with Gasteiger partial charge in [0, 0.05) is 16.9 Å². The molecular formula is C20H19ClFN3O. The topological polar surface area (TPSA) is 46.9 Å². The molecule has 1 N–H and O–H groups in total. The predicted molar refractivity (Wildman–Crippen MR) is 102 cm³/mol. The number of carbonyl (C=O) groups is 1. The molecule has 0 atom stereocenters. The first-order chi connectivity index (χ1) is 12.5. The van der Waals surface area contributed by atoms with Gasteiger partial charge in [0.1, 0.15) is 11.5 Å². The second-order valence-electron chi connectivity index (χ2n) is 5.82. The van der Waals surface area contributed by atoms with Crippen LogP contribution in [0.5, 0.6) is 0 Å². The van der Waals surface area contributed by atoms with Gasteiger partial charge in [0.15, 0.2) is 5.69 Å². The molecule has 2 aromatic carbocycles. The Morgan fingerprint density at radius 3 is 2.62 bits per heavy atom. The molecule has 1 heterocycles. The Bertz CT molecular complexity index is 952. The van der Waals surface area contributed by atoms with Crippen molar-refractivity contribution >= 4 is 23.2 Å². The molecule has 134 valence electrons.